The number of hydrogen-bond acceptors (Lipinski definition) is 6. The van der Waals surface area contributed by atoms with E-state index in [1.807, 2.05) is 6.08 Å². The average molecular weight is 1100 g/mol. The van der Waals surface area contributed by atoms with E-state index in [1.165, 1.54) is 212 Å². The summed E-state index contributed by atoms with van der Waals surface area (Å²) in [7, 11) is 0. The van der Waals surface area contributed by atoms with Crippen molar-refractivity contribution in [3.05, 3.63) is 85.1 Å². The summed E-state index contributed by atoms with van der Waals surface area (Å²) >= 11 is 0. The van der Waals surface area contributed by atoms with Crippen molar-refractivity contribution in [2.75, 3.05) is 13.2 Å². The highest BCUT2D eigenvalue weighted by Gasteiger charge is 2.19. The Kier molecular flexibility index (Phi) is 64.2. The molecule has 6 heteroatoms. The van der Waals surface area contributed by atoms with E-state index in [0.29, 0.717) is 19.3 Å². The van der Waals surface area contributed by atoms with E-state index in [0.717, 1.165) is 83.5 Å². The molecule has 0 heterocycles. The molecule has 0 aromatic carbocycles. The van der Waals surface area contributed by atoms with Gasteiger partial charge in [-0.25, -0.2) is 0 Å². The van der Waals surface area contributed by atoms with Crippen LogP contribution in [-0.4, -0.2) is 37.2 Å². The molecule has 0 N–H and O–H groups in total. The van der Waals surface area contributed by atoms with Crippen LogP contribution in [0.3, 0.4) is 0 Å². The smallest absolute Gasteiger partial charge is 0.306 e. The molecule has 1 unspecified atom stereocenters. The second-order valence-corrected chi connectivity index (χ2v) is 22.7. The maximum atomic E-state index is 12.9. The fourth-order valence-corrected chi connectivity index (χ4v) is 9.82. The molecule has 0 spiro atoms. The number of carbonyl (C=O) groups is 3. The minimum Gasteiger partial charge on any atom is -0.462 e. The van der Waals surface area contributed by atoms with Crippen LogP contribution in [0.25, 0.3) is 0 Å². The predicted molar refractivity (Wildman–Crippen MR) is 344 cm³/mol. The molecule has 456 valence electrons. The van der Waals surface area contributed by atoms with Crippen LogP contribution in [0.4, 0.5) is 0 Å². The van der Waals surface area contributed by atoms with Gasteiger partial charge in [-0.3, -0.25) is 14.4 Å². The number of allylic oxidation sites excluding steroid dienone is 14. The van der Waals surface area contributed by atoms with Crippen LogP contribution in [0, 0.1) is 0 Å². The van der Waals surface area contributed by atoms with E-state index >= 15 is 0 Å². The second-order valence-electron chi connectivity index (χ2n) is 22.7. The largest absolute Gasteiger partial charge is 0.462 e. The first-order valence-electron chi connectivity index (χ1n) is 34.1. The lowest BCUT2D eigenvalue weighted by atomic mass is 10.0. The zero-order valence-electron chi connectivity index (χ0n) is 52.4. The minimum absolute atomic E-state index is 0.106. The van der Waals surface area contributed by atoms with Gasteiger partial charge in [0, 0.05) is 19.3 Å². The Labute approximate surface area is 490 Å². The van der Waals surface area contributed by atoms with Gasteiger partial charge in [0.15, 0.2) is 6.10 Å². The summed E-state index contributed by atoms with van der Waals surface area (Å²) in [6.07, 6.45) is 89.1. The molecule has 0 aliphatic rings. The Morgan fingerprint density at radius 3 is 0.823 bits per heavy atom. The van der Waals surface area contributed by atoms with Gasteiger partial charge in [0.05, 0.1) is 0 Å². The predicted octanol–water partition coefficient (Wildman–Crippen LogP) is 23.4. The van der Waals surface area contributed by atoms with Crippen LogP contribution in [0.5, 0.6) is 0 Å². The number of rotatable bonds is 62. The maximum Gasteiger partial charge on any atom is 0.306 e. The third kappa shape index (κ3) is 65.3. The third-order valence-corrected chi connectivity index (χ3v) is 14.9. The fourth-order valence-electron chi connectivity index (χ4n) is 9.82. The summed E-state index contributed by atoms with van der Waals surface area (Å²) in [5.74, 6) is -0.984. The monoisotopic (exact) mass is 1100 g/mol. The van der Waals surface area contributed by atoms with Crippen molar-refractivity contribution < 1.29 is 28.6 Å². The van der Waals surface area contributed by atoms with Crippen molar-refractivity contribution >= 4 is 17.9 Å². The molecule has 79 heavy (non-hydrogen) atoms. The first-order chi connectivity index (χ1) is 39.0. The molecule has 1 atom stereocenters. The minimum atomic E-state index is -0.821. The van der Waals surface area contributed by atoms with Gasteiger partial charge >= 0.3 is 17.9 Å². The van der Waals surface area contributed by atoms with E-state index in [1.54, 1.807) is 0 Å². The van der Waals surface area contributed by atoms with E-state index < -0.39 is 6.10 Å². The van der Waals surface area contributed by atoms with Gasteiger partial charge in [0.1, 0.15) is 13.2 Å². The number of carbonyl (C=O) groups excluding carboxylic acids is 3. The molecule has 0 aliphatic carbocycles. The SMILES string of the molecule is CC/C=C\C/C=C\C/C=C\C/C=C\C/C=C\C/C=C\CCC(=O)OC(COC(=O)CCCCCCC/C=C\CCCCCCCCC)COC(=O)CCCCCCCCCCCCCCCCCCCCCCCCCCCC. The van der Waals surface area contributed by atoms with Gasteiger partial charge in [-0.05, 0) is 83.5 Å². The molecule has 0 aromatic heterocycles. The molecule has 0 saturated heterocycles. The van der Waals surface area contributed by atoms with E-state index in [-0.39, 0.29) is 37.5 Å². The number of esters is 3. The molecule has 0 bridgehead atoms. The van der Waals surface area contributed by atoms with E-state index in [9.17, 15) is 14.4 Å². The molecule has 0 rings (SSSR count). The Morgan fingerprint density at radius 1 is 0.266 bits per heavy atom. The van der Waals surface area contributed by atoms with Crippen LogP contribution < -0.4 is 0 Å². The summed E-state index contributed by atoms with van der Waals surface area (Å²) in [6, 6.07) is 0. The van der Waals surface area contributed by atoms with Crippen molar-refractivity contribution in [3.8, 4) is 0 Å². The molecule has 0 fully saturated rings. The lowest BCUT2D eigenvalue weighted by Crippen LogP contribution is -2.30. The summed E-state index contributed by atoms with van der Waals surface area (Å²) in [5.41, 5.74) is 0. The molecule has 0 amide bonds. The normalized spacial score (nSPS) is 12.6. The molecule has 6 nitrogen and oxygen atoms in total. The summed E-state index contributed by atoms with van der Waals surface area (Å²) in [5, 5.41) is 0. The van der Waals surface area contributed by atoms with Gasteiger partial charge in [0.25, 0.3) is 0 Å². The van der Waals surface area contributed by atoms with Gasteiger partial charge < -0.3 is 14.2 Å². The van der Waals surface area contributed by atoms with Crippen molar-refractivity contribution in [1.29, 1.82) is 0 Å². The van der Waals surface area contributed by atoms with Crippen LogP contribution >= 0.6 is 0 Å². The highest BCUT2D eigenvalue weighted by atomic mass is 16.6. The first-order valence-corrected chi connectivity index (χ1v) is 34.1. The first kappa shape index (κ1) is 75.6. The number of hydrogen-bond donors (Lipinski definition) is 0. The Hall–Kier alpha value is -3.41. The Balaban J connectivity index is 4.37. The molecule has 0 radical (unpaired) electrons. The van der Waals surface area contributed by atoms with E-state index in [2.05, 4.69) is 99.8 Å². The average Bonchev–Trinajstić information content (AvgIpc) is 3.45. The third-order valence-electron chi connectivity index (χ3n) is 14.9. The Bertz CT molecular complexity index is 1500. The van der Waals surface area contributed by atoms with Gasteiger partial charge in [-0.1, -0.05) is 324 Å². The standard InChI is InChI=1S/C73H128O6/c1-4-7-10-13-16-19-22-25-28-31-33-34-35-36-37-38-39-41-42-45-48-51-54-57-60-63-66-72(75)78-69-70(68-77-71(74)65-62-59-56-53-50-47-44-30-27-24-21-18-15-12-9-6-3)79-73(76)67-64-61-58-55-52-49-46-43-40-32-29-26-23-20-17-14-11-8-5-2/h8,11,17,20,26,29-30,40,43-44,49,52,58,61,70H,4-7,9-10,12-16,18-19,21-25,27-28,31-39,41-42,45-48,50-51,53-57,59-60,62-69H2,1-3H3/b11-8-,20-17-,29-26-,43-40-,44-30-,52-49-,61-58-. The number of unbranched alkanes of at least 4 members (excludes halogenated alkanes) is 37. The van der Waals surface area contributed by atoms with Crippen LogP contribution in [0.2, 0.25) is 0 Å². The maximum absolute atomic E-state index is 12.9. The summed E-state index contributed by atoms with van der Waals surface area (Å²) < 4.78 is 16.9. The van der Waals surface area contributed by atoms with Crippen molar-refractivity contribution in [2.45, 2.75) is 348 Å². The lowest BCUT2D eigenvalue weighted by Gasteiger charge is -2.18. The van der Waals surface area contributed by atoms with Crippen molar-refractivity contribution in [3.63, 3.8) is 0 Å². The fraction of sp³-hybridized carbons (Fsp3) is 0.767. The van der Waals surface area contributed by atoms with Gasteiger partial charge in [0.2, 0.25) is 0 Å². The van der Waals surface area contributed by atoms with Gasteiger partial charge in [-0.2, -0.15) is 0 Å². The molecular formula is C73H128O6. The summed E-state index contributed by atoms with van der Waals surface area (Å²) in [6.45, 7) is 6.50. The van der Waals surface area contributed by atoms with E-state index in [4.69, 9.17) is 14.2 Å². The van der Waals surface area contributed by atoms with Crippen LogP contribution in [0.1, 0.15) is 342 Å². The lowest BCUT2D eigenvalue weighted by molar-refractivity contribution is -0.166. The molecule has 0 aliphatic heterocycles. The van der Waals surface area contributed by atoms with Crippen molar-refractivity contribution in [1.82, 2.24) is 0 Å². The highest BCUT2D eigenvalue weighted by molar-refractivity contribution is 5.71. The van der Waals surface area contributed by atoms with Crippen LogP contribution in [-0.2, 0) is 28.6 Å². The van der Waals surface area contributed by atoms with Crippen molar-refractivity contribution in [2.24, 2.45) is 0 Å². The van der Waals surface area contributed by atoms with Gasteiger partial charge in [-0.15, -0.1) is 0 Å². The molecule has 0 saturated carbocycles. The molecular weight excluding hydrogens is 973 g/mol. The zero-order chi connectivity index (χ0) is 57.1. The Morgan fingerprint density at radius 2 is 0.519 bits per heavy atom. The summed E-state index contributed by atoms with van der Waals surface area (Å²) in [4.78, 5) is 38.3. The molecule has 0 aromatic rings. The number of ether oxygens (including phenoxy) is 3. The topological polar surface area (TPSA) is 78.9 Å². The zero-order valence-corrected chi connectivity index (χ0v) is 52.4. The quantitative estimate of drug-likeness (QED) is 0.0261. The second kappa shape index (κ2) is 67.1. The highest BCUT2D eigenvalue weighted by Crippen LogP contribution is 2.18. The van der Waals surface area contributed by atoms with Crippen LogP contribution in [0.15, 0.2) is 85.1 Å².